The highest BCUT2D eigenvalue weighted by atomic mass is 16.7. The first-order valence-electron chi connectivity index (χ1n) is 9.18. The molecule has 2 aromatic rings. The smallest absolute Gasteiger partial charge is 0.278 e. The van der Waals surface area contributed by atoms with Crippen molar-refractivity contribution in [1.29, 1.82) is 0 Å². The largest absolute Gasteiger partial charge is 0.394 e. The van der Waals surface area contributed by atoms with Crippen LogP contribution in [0.4, 0.5) is 0 Å². The Kier molecular flexibility index (Phi) is 5.84. The number of H-pyrrole nitrogens is 1. The van der Waals surface area contributed by atoms with Crippen molar-refractivity contribution in [3.05, 3.63) is 23.0 Å². The van der Waals surface area contributed by atoms with Gasteiger partial charge in [-0.1, -0.05) is 0 Å². The van der Waals surface area contributed by atoms with E-state index >= 15 is 0 Å². The van der Waals surface area contributed by atoms with Gasteiger partial charge in [0.2, 0.25) is 0 Å². The van der Waals surface area contributed by atoms with E-state index in [1.54, 1.807) is 0 Å². The molecule has 14 heteroatoms. The summed E-state index contributed by atoms with van der Waals surface area (Å²) in [5, 5.41) is 59.5. The standard InChI is InChI=1S/C16H22N4O10/c21-1-5-8(23)10(25)11(26)16(29-5)30-12-9(24)6(2-22)28-15(12)20-4-19-7-13(20)17-3-18-14(7)27/h3-6,8-12,15-16,21-26H,1-2H2,(H,17,18,27)/t5-,6-,8-,9-,10+,11-,12-,15-,16+/m1/s1. The van der Waals surface area contributed by atoms with E-state index in [4.69, 9.17) is 14.2 Å². The Hall–Kier alpha value is -2.01. The lowest BCUT2D eigenvalue weighted by molar-refractivity contribution is -0.320. The molecular weight excluding hydrogens is 408 g/mol. The predicted octanol–water partition coefficient (Wildman–Crippen LogP) is -4.44. The van der Waals surface area contributed by atoms with Crippen LogP contribution < -0.4 is 5.56 Å². The van der Waals surface area contributed by atoms with E-state index in [9.17, 15) is 35.4 Å². The van der Waals surface area contributed by atoms with Crippen LogP contribution in [0, 0.1) is 0 Å². The summed E-state index contributed by atoms with van der Waals surface area (Å²) in [6, 6.07) is 0. The zero-order chi connectivity index (χ0) is 21.6. The Bertz CT molecular complexity index is 934. The summed E-state index contributed by atoms with van der Waals surface area (Å²) in [6.07, 6.45) is -10.2. The molecule has 9 atom stereocenters. The monoisotopic (exact) mass is 430 g/mol. The van der Waals surface area contributed by atoms with Crippen molar-refractivity contribution >= 4 is 11.2 Å². The molecule has 2 aliphatic heterocycles. The fourth-order valence-electron chi connectivity index (χ4n) is 3.62. The average Bonchev–Trinajstić information content (AvgIpc) is 3.30. The number of aromatic nitrogens is 4. The second kappa shape index (κ2) is 8.26. The number of nitrogens with zero attached hydrogens (tertiary/aromatic N) is 3. The molecule has 2 aromatic heterocycles. The van der Waals surface area contributed by atoms with Crippen molar-refractivity contribution in [3.8, 4) is 0 Å². The van der Waals surface area contributed by atoms with Gasteiger partial charge in [-0.05, 0) is 0 Å². The van der Waals surface area contributed by atoms with E-state index in [0.29, 0.717) is 0 Å². The summed E-state index contributed by atoms with van der Waals surface area (Å²) in [5.41, 5.74) is -0.367. The number of nitrogens with one attached hydrogen (secondary N) is 1. The van der Waals surface area contributed by atoms with Gasteiger partial charge in [-0.25, -0.2) is 9.97 Å². The van der Waals surface area contributed by atoms with Crippen LogP contribution in [0.1, 0.15) is 6.23 Å². The molecule has 2 saturated heterocycles. The number of rotatable bonds is 5. The van der Waals surface area contributed by atoms with E-state index in [0.717, 1.165) is 6.33 Å². The van der Waals surface area contributed by atoms with Gasteiger partial charge in [0.05, 0.1) is 25.9 Å². The quantitative estimate of drug-likeness (QED) is 0.239. The second-order valence-electron chi connectivity index (χ2n) is 7.09. The van der Waals surface area contributed by atoms with Gasteiger partial charge in [-0.15, -0.1) is 0 Å². The van der Waals surface area contributed by atoms with Crippen molar-refractivity contribution in [2.45, 2.75) is 55.2 Å². The van der Waals surface area contributed by atoms with Gasteiger partial charge in [0.25, 0.3) is 5.56 Å². The maximum atomic E-state index is 11.9. The molecule has 0 spiro atoms. The Balaban J connectivity index is 1.65. The molecule has 4 heterocycles. The third-order valence-corrected chi connectivity index (χ3v) is 5.27. The molecule has 0 unspecified atom stereocenters. The van der Waals surface area contributed by atoms with Crippen molar-refractivity contribution in [2.24, 2.45) is 0 Å². The maximum Gasteiger partial charge on any atom is 0.278 e. The van der Waals surface area contributed by atoms with Gasteiger partial charge in [0, 0.05) is 0 Å². The molecule has 0 aromatic carbocycles. The molecule has 2 fully saturated rings. The minimum atomic E-state index is -1.70. The normalized spacial score (nSPS) is 39.6. The van der Waals surface area contributed by atoms with Crippen LogP contribution in [0.3, 0.4) is 0 Å². The lowest BCUT2D eigenvalue weighted by atomic mass is 9.99. The lowest BCUT2D eigenvalue weighted by Gasteiger charge is -2.41. The highest BCUT2D eigenvalue weighted by Crippen LogP contribution is 2.35. The van der Waals surface area contributed by atoms with Crippen molar-refractivity contribution in [2.75, 3.05) is 13.2 Å². The third-order valence-electron chi connectivity index (χ3n) is 5.27. The van der Waals surface area contributed by atoms with E-state index in [1.165, 1.54) is 10.9 Å². The van der Waals surface area contributed by atoms with Crippen LogP contribution in [-0.2, 0) is 14.2 Å². The number of fused-ring (bicyclic) bond motifs is 1. The maximum absolute atomic E-state index is 11.9. The van der Waals surface area contributed by atoms with Gasteiger partial charge in [-0.3, -0.25) is 9.36 Å². The summed E-state index contributed by atoms with van der Waals surface area (Å²) >= 11 is 0. The first-order valence-corrected chi connectivity index (χ1v) is 9.18. The zero-order valence-electron chi connectivity index (χ0n) is 15.4. The predicted molar refractivity (Wildman–Crippen MR) is 93.8 cm³/mol. The van der Waals surface area contributed by atoms with Crippen LogP contribution in [0.25, 0.3) is 11.2 Å². The number of aromatic amines is 1. The molecular formula is C16H22N4O10. The number of hydrogen-bond donors (Lipinski definition) is 7. The van der Waals surface area contributed by atoms with E-state index < -0.39 is 74.0 Å². The third kappa shape index (κ3) is 3.41. The molecule has 30 heavy (non-hydrogen) atoms. The highest BCUT2D eigenvalue weighted by molar-refractivity contribution is 5.68. The summed E-state index contributed by atoms with van der Waals surface area (Å²) < 4.78 is 18.0. The zero-order valence-corrected chi connectivity index (χ0v) is 15.4. The molecule has 0 amide bonds. The molecule has 7 N–H and O–H groups in total. The number of aliphatic hydroxyl groups is 6. The van der Waals surface area contributed by atoms with Crippen molar-refractivity contribution in [3.63, 3.8) is 0 Å². The van der Waals surface area contributed by atoms with Crippen LogP contribution >= 0.6 is 0 Å². The fraction of sp³-hybridized carbons (Fsp3) is 0.688. The first kappa shape index (κ1) is 21.2. The Morgan fingerprint density at radius 1 is 1.00 bits per heavy atom. The molecule has 0 saturated carbocycles. The minimum absolute atomic E-state index is 0.00892. The highest BCUT2D eigenvalue weighted by Gasteiger charge is 2.51. The van der Waals surface area contributed by atoms with E-state index in [2.05, 4.69) is 15.0 Å². The van der Waals surface area contributed by atoms with Gasteiger partial charge >= 0.3 is 0 Å². The summed E-state index contributed by atoms with van der Waals surface area (Å²) in [7, 11) is 0. The van der Waals surface area contributed by atoms with Gasteiger partial charge in [0.15, 0.2) is 23.7 Å². The fourth-order valence-corrected chi connectivity index (χ4v) is 3.62. The Morgan fingerprint density at radius 3 is 2.40 bits per heavy atom. The van der Waals surface area contributed by atoms with Crippen molar-refractivity contribution in [1.82, 2.24) is 19.5 Å². The molecule has 4 rings (SSSR count). The topological polar surface area (TPSA) is 213 Å². The van der Waals surface area contributed by atoms with Gasteiger partial charge in [0.1, 0.15) is 42.7 Å². The summed E-state index contributed by atoms with van der Waals surface area (Å²) in [6.45, 7) is -1.22. The Morgan fingerprint density at radius 2 is 1.70 bits per heavy atom. The van der Waals surface area contributed by atoms with Gasteiger partial charge < -0.3 is 49.8 Å². The molecule has 166 valence electrons. The summed E-state index contributed by atoms with van der Waals surface area (Å²) in [5.74, 6) is 0. The molecule has 14 nitrogen and oxygen atoms in total. The van der Waals surface area contributed by atoms with E-state index in [-0.39, 0.29) is 11.2 Å². The van der Waals surface area contributed by atoms with Crippen LogP contribution in [0.5, 0.6) is 0 Å². The van der Waals surface area contributed by atoms with E-state index in [1.807, 2.05) is 0 Å². The Labute approximate surface area is 167 Å². The SMILES string of the molecule is O=c1[nH]cnc2c1ncn2[C@@H]1O[C@H](CO)[C@@H](O)[C@H]1O[C@@H]1O[C@H](CO)[C@@H](O)[C@H](O)[C@H]1O. The number of imidazole rings is 1. The molecule has 0 radical (unpaired) electrons. The minimum Gasteiger partial charge on any atom is -0.394 e. The number of aliphatic hydroxyl groups excluding tert-OH is 6. The number of hydrogen-bond acceptors (Lipinski definition) is 12. The molecule has 0 aliphatic carbocycles. The van der Waals surface area contributed by atoms with Crippen LogP contribution in [0.15, 0.2) is 17.4 Å². The number of ether oxygens (including phenoxy) is 3. The van der Waals surface area contributed by atoms with Crippen molar-refractivity contribution < 1.29 is 44.8 Å². The molecule has 0 bridgehead atoms. The van der Waals surface area contributed by atoms with Gasteiger partial charge in [-0.2, -0.15) is 0 Å². The lowest BCUT2D eigenvalue weighted by Crippen LogP contribution is -2.60. The van der Waals surface area contributed by atoms with Crippen LogP contribution in [0.2, 0.25) is 0 Å². The van der Waals surface area contributed by atoms with Crippen LogP contribution in [-0.4, -0.2) is 112 Å². The average molecular weight is 430 g/mol. The second-order valence-corrected chi connectivity index (χ2v) is 7.09. The first-order chi connectivity index (χ1) is 14.4. The molecule has 2 aliphatic rings. The summed E-state index contributed by atoms with van der Waals surface area (Å²) in [4.78, 5) is 22.3.